The Morgan fingerprint density at radius 1 is 1.08 bits per heavy atom. The van der Waals surface area contributed by atoms with Crippen LogP contribution < -0.4 is 5.32 Å². The lowest BCUT2D eigenvalue weighted by Crippen LogP contribution is -2.29. The predicted molar refractivity (Wildman–Crippen MR) is 75.1 cm³/mol. The van der Waals surface area contributed by atoms with E-state index in [-0.39, 0.29) is 12.1 Å². The summed E-state index contributed by atoms with van der Waals surface area (Å²) >= 11 is 0. The summed E-state index contributed by atoms with van der Waals surface area (Å²) in [6.07, 6.45) is -5.77. The lowest BCUT2D eigenvalue weighted by molar-refractivity contribution is -0.137. The number of amides is 1. The highest BCUT2D eigenvalue weighted by Crippen LogP contribution is 2.29. The van der Waals surface area contributed by atoms with Gasteiger partial charge in [-0.15, -0.1) is 0 Å². The minimum absolute atomic E-state index is 0.155. The second-order valence-corrected chi connectivity index (χ2v) is 4.97. The number of halogens is 5. The molecular formula is C16H12F5NO2. The maximum Gasteiger partial charge on any atom is 0.416 e. The summed E-state index contributed by atoms with van der Waals surface area (Å²) in [5.74, 6) is -2.77. The van der Waals surface area contributed by atoms with E-state index in [1.165, 1.54) is 0 Å². The highest BCUT2D eigenvalue weighted by atomic mass is 19.4. The van der Waals surface area contributed by atoms with Gasteiger partial charge in [0, 0.05) is 12.6 Å². The molecule has 2 aromatic carbocycles. The van der Waals surface area contributed by atoms with Gasteiger partial charge in [0.25, 0.3) is 5.91 Å². The molecule has 3 nitrogen and oxygen atoms in total. The van der Waals surface area contributed by atoms with E-state index in [9.17, 15) is 31.9 Å². The van der Waals surface area contributed by atoms with Gasteiger partial charge in [0.05, 0.1) is 17.2 Å². The zero-order valence-corrected chi connectivity index (χ0v) is 12.1. The Kier molecular flexibility index (Phi) is 5.18. The molecule has 0 aliphatic heterocycles. The van der Waals surface area contributed by atoms with Gasteiger partial charge in [0.1, 0.15) is 11.6 Å². The summed E-state index contributed by atoms with van der Waals surface area (Å²) in [7, 11) is 0. The number of carbonyl (C=O) groups is 1. The van der Waals surface area contributed by atoms with E-state index in [0.717, 1.165) is 36.4 Å². The van der Waals surface area contributed by atoms with Gasteiger partial charge in [0.15, 0.2) is 0 Å². The highest BCUT2D eigenvalue weighted by molar-refractivity contribution is 5.94. The van der Waals surface area contributed by atoms with Crippen molar-refractivity contribution in [2.75, 3.05) is 6.54 Å². The molecule has 128 valence electrons. The van der Waals surface area contributed by atoms with Crippen LogP contribution in [-0.2, 0) is 6.18 Å². The van der Waals surface area contributed by atoms with Crippen LogP contribution in [0.1, 0.15) is 27.6 Å². The average molecular weight is 345 g/mol. The maximum absolute atomic E-state index is 13.4. The van der Waals surface area contributed by atoms with Crippen LogP contribution in [0.2, 0.25) is 0 Å². The fraction of sp³-hybridized carbons (Fsp3) is 0.188. The molecule has 1 amide bonds. The van der Waals surface area contributed by atoms with Crippen molar-refractivity contribution in [3.05, 3.63) is 70.8 Å². The monoisotopic (exact) mass is 345 g/mol. The fourth-order valence-corrected chi connectivity index (χ4v) is 1.97. The average Bonchev–Trinajstić information content (AvgIpc) is 2.51. The third-order valence-corrected chi connectivity index (χ3v) is 3.25. The number of rotatable bonds is 4. The molecule has 0 aliphatic carbocycles. The molecule has 0 spiro atoms. The van der Waals surface area contributed by atoms with Crippen LogP contribution in [0.5, 0.6) is 0 Å². The van der Waals surface area contributed by atoms with Crippen molar-refractivity contribution in [1.82, 2.24) is 5.32 Å². The molecule has 0 aromatic heterocycles. The molecule has 24 heavy (non-hydrogen) atoms. The zero-order valence-electron chi connectivity index (χ0n) is 12.1. The summed E-state index contributed by atoms with van der Waals surface area (Å²) in [5.41, 5.74) is -1.12. The van der Waals surface area contributed by atoms with E-state index in [1.54, 1.807) is 0 Å². The molecule has 0 heterocycles. The van der Waals surface area contributed by atoms with Crippen molar-refractivity contribution in [2.45, 2.75) is 12.3 Å². The topological polar surface area (TPSA) is 49.3 Å². The number of carbonyl (C=O) groups excluding carboxylic acids is 1. The predicted octanol–water partition coefficient (Wildman–Crippen LogP) is 3.45. The second kappa shape index (κ2) is 6.96. The maximum atomic E-state index is 13.4. The van der Waals surface area contributed by atoms with Crippen molar-refractivity contribution in [2.24, 2.45) is 0 Å². The molecule has 0 fully saturated rings. The van der Waals surface area contributed by atoms with Crippen molar-refractivity contribution in [3.8, 4) is 0 Å². The standard InChI is InChI=1S/C16H12F5NO2/c17-11-5-6-12(13(18)7-11)15(24)22-8-14(23)9-1-3-10(4-2-9)16(19,20)21/h1-7,14,23H,8H2,(H,22,24). The number of benzene rings is 2. The van der Waals surface area contributed by atoms with Gasteiger partial charge < -0.3 is 10.4 Å². The Labute approximate surface area is 133 Å². The molecular weight excluding hydrogens is 333 g/mol. The van der Waals surface area contributed by atoms with E-state index in [2.05, 4.69) is 5.32 Å². The molecule has 2 aromatic rings. The summed E-state index contributed by atoms with van der Waals surface area (Å²) in [6.45, 7) is -0.346. The van der Waals surface area contributed by atoms with E-state index in [0.29, 0.717) is 6.07 Å². The van der Waals surface area contributed by atoms with Crippen LogP contribution in [-0.4, -0.2) is 17.6 Å². The van der Waals surface area contributed by atoms with Gasteiger partial charge in [-0.05, 0) is 29.8 Å². The normalized spacial score (nSPS) is 12.8. The number of hydrogen-bond acceptors (Lipinski definition) is 2. The Morgan fingerprint density at radius 3 is 2.25 bits per heavy atom. The molecule has 0 radical (unpaired) electrons. The van der Waals surface area contributed by atoms with Crippen LogP contribution in [0.25, 0.3) is 0 Å². The lowest BCUT2D eigenvalue weighted by atomic mass is 10.1. The largest absolute Gasteiger partial charge is 0.416 e. The first-order valence-electron chi connectivity index (χ1n) is 6.77. The van der Waals surface area contributed by atoms with Crippen LogP contribution in [0.4, 0.5) is 22.0 Å². The number of aliphatic hydroxyl groups excluding tert-OH is 1. The Hall–Kier alpha value is -2.48. The Bertz CT molecular complexity index is 728. The summed E-state index contributed by atoms with van der Waals surface area (Å²) in [5, 5.41) is 12.1. The smallest absolute Gasteiger partial charge is 0.387 e. The van der Waals surface area contributed by atoms with E-state index >= 15 is 0 Å². The van der Waals surface area contributed by atoms with Crippen LogP contribution in [0, 0.1) is 11.6 Å². The van der Waals surface area contributed by atoms with Crippen molar-refractivity contribution < 1.29 is 31.9 Å². The number of hydrogen-bond donors (Lipinski definition) is 2. The molecule has 2 N–H and O–H groups in total. The third-order valence-electron chi connectivity index (χ3n) is 3.25. The fourth-order valence-electron chi connectivity index (χ4n) is 1.97. The molecule has 0 saturated heterocycles. The first kappa shape index (κ1) is 17.9. The van der Waals surface area contributed by atoms with Gasteiger partial charge in [-0.1, -0.05) is 12.1 Å². The van der Waals surface area contributed by atoms with Crippen molar-refractivity contribution >= 4 is 5.91 Å². The van der Waals surface area contributed by atoms with Gasteiger partial charge in [0.2, 0.25) is 0 Å². The quantitative estimate of drug-likeness (QED) is 0.834. The first-order chi connectivity index (χ1) is 11.2. The van der Waals surface area contributed by atoms with E-state index in [1.807, 2.05) is 0 Å². The lowest BCUT2D eigenvalue weighted by Gasteiger charge is -2.14. The number of alkyl halides is 3. The first-order valence-corrected chi connectivity index (χ1v) is 6.77. The summed E-state index contributed by atoms with van der Waals surface area (Å²) in [4.78, 5) is 11.8. The number of nitrogens with one attached hydrogen (secondary N) is 1. The van der Waals surface area contributed by atoms with Crippen LogP contribution >= 0.6 is 0 Å². The minimum Gasteiger partial charge on any atom is -0.387 e. The van der Waals surface area contributed by atoms with Crippen LogP contribution in [0.15, 0.2) is 42.5 Å². The van der Waals surface area contributed by atoms with Gasteiger partial charge >= 0.3 is 6.18 Å². The Balaban J connectivity index is 1.99. The minimum atomic E-state index is -4.49. The number of aliphatic hydroxyl groups is 1. The van der Waals surface area contributed by atoms with Gasteiger partial charge in [-0.2, -0.15) is 13.2 Å². The second-order valence-electron chi connectivity index (χ2n) is 4.97. The highest BCUT2D eigenvalue weighted by Gasteiger charge is 2.30. The van der Waals surface area contributed by atoms with Gasteiger partial charge in [-0.25, -0.2) is 8.78 Å². The van der Waals surface area contributed by atoms with Crippen molar-refractivity contribution in [3.63, 3.8) is 0 Å². The third kappa shape index (κ3) is 4.29. The van der Waals surface area contributed by atoms with E-state index in [4.69, 9.17) is 0 Å². The SMILES string of the molecule is O=C(NCC(O)c1ccc(C(F)(F)F)cc1)c1ccc(F)cc1F. The molecule has 0 aliphatic rings. The zero-order chi connectivity index (χ0) is 17.9. The van der Waals surface area contributed by atoms with Crippen molar-refractivity contribution in [1.29, 1.82) is 0 Å². The summed E-state index contributed by atoms with van der Waals surface area (Å²) in [6, 6.07) is 6.17. The van der Waals surface area contributed by atoms with Gasteiger partial charge in [-0.3, -0.25) is 4.79 Å². The van der Waals surface area contributed by atoms with Crippen LogP contribution in [0.3, 0.4) is 0 Å². The molecule has 2 rings (SSSR count). The molecule has 0 bridgehead atoms. The molecule has 1 atom stereocenters. The Morgan fingerprint density at radius 2 is 1.71 bits per heavy atom. The molecule has 8 heteroatoms. The molecule has 0 saturated carbocycles. The summed E-state index contributed by atoms with van der Waals surface area (Å²) < 4.78 is 63.5. The van der Waals surface area contributed by atoms with E-state index < -0.39 is 40.9 Å². The molecule has 1 unspecified atom stereocenters.